The van der Waals surface area contributed by atoms with Gasteiger partial charge in [-0.2, -0.15) is 0 Å². The fraction of sp³-hybridized carbons (Fsp3) is 0.588. The van der Waals surface area contributed by atoms with Gasteiger partial charge in [0.05, 0.1) is 5.92 Å². The van der Waals surface area contributed by atoms with Crippen LogP contribution in [0.2, 0.25) is 0 Å². The Bertz CT molecular complexity index is 583. The van der Waals surface area contributed by atoms with E-state index in [-0.39, 0.29) is 24.3 Å². The van der Waals surface area contributed by atoms with Crippen LogP contribution in [0.4, 0.5) is 0 Å². The molecule has 0 bridgehead atoms. The molecular weight excluding hydrogens is 266 g/mol. The summed E-state index contributed by atoms with van der Waals surface area (Å²) in [6, 6.07) is 8.27. The lowest BCUT2D eigenvalue weighted by Gasteiger charge is -2.54. The molecule has 2 fully saturated rings. The summed E-state index contributed by atoms with van der Waals surface area (Å²) in [7, 11) is 0. The van der Waals surface area contributed by atoms with Crippen molar-refractivity contribution in [2.24, 2.45) is 5.92 Å². The Balaban J connectivity index is 1.77. The highest BCUT2D eigenvalue weighted by Crippen LogP contribution is 2.48. The second-order valence-electron chi connectivity index (χ2n) is 6.69. The number of aliphatic hydroxyl groups is 2. The van der Waals surface area contributed by atoms with Gasteiger partial charge in [-0.15, -0.1) is 0 Å². The normalized spacial score (nSPS) is 34.8. The zero-order valence-electron chi connectivity index (χ0n) is 12.0. The van der Waals surface area contributed by atoms with Gasteiger partial charge in [-0.3, -0.25) is 9.69 Å². The van der Waals surface area contributed by atoms with Gasteiger partial charge in [0.2, 0.25) is 0 Å². The summed E-state index contributed by atoms with van der Waals surface area (Å²) in [5.74, 6) is -2.48. The summed E-state index contributed by atoms with van der Waals surface area (Å²) in [6.07, 6.45) is 3.45. The molecule has 2 aliphatic heterocycles. The molecule has 4 rings (SSSR count). The Labute approximate surface area is 124 Å². The van der Waals surface area contributed by atoms with Crippen LogP contribution in [-0.4, -0.2) is 39.3 Å². The van der Waals surface area contributed by atoms with Crippen LogP contribution in [-0.2, 0) is 11.2 Å². The number of carbonyl (C=O) groups is 1. The van der Waals surface area contributed by atoms with Gasteiger partial charge in [0.25, 0.3) is 0 Å². The predicted octanol–water partition coefficient (Wildman–Crippen LogP) is 1.41. The summed E-state index contributed by atoms with van der Waals surface area (Å²) >= 11 is 0. The molecule has 0 radical (unpaired) electrons. The smallest absolute Gasteiger partial charge is 0.175 e. The number of nitrogens with zero attached hydrogens (tertiary/aromatic N) is 1. The molecule has 0 spiro atoms. The Morgan fingerprint density at radius 1 is 1.19 bits per heavy atom. The maximum atomic E-state index is 12.2. The van der Waals surface area contributed by atoms with Crippen LogP contribution in [0, 0.1) is 5.92 Å². The molecule has 21 heavy (non-hydrogen) atoms. The first-order valence-electron chi connectivity index (χ1n) is 7.89. The first-order valence-corrected chi connectivity index (χ1v) is 7.89. The predicted molar refractivity (Wildman–Crippen MR) is 77.5 cm³/mol. The van der Waals surface area contributed by atoms with Gasteiger partial charge in [-0.1, -0.05) is 24.3 Å². The van der Waals surface area contributed by atoms with E-state index >= 15 is 0 Å². The number of fused-ring (bicyclic) bond motifs is 5. The summed E-state index contributed by atoms with van der Waals surface area (Å²) in [4.78, 5) is 14.6. The van der Waals surface area contributed by atoms with E-state index in [4.69, 9.17) is 0 Å². The number of benzene rings is 1. The van der Waals surface area contributed by atoms with Crippen LogP contribution < -0.4 is 0 Å². The summed E-state index contributed by atoms with van der Waals surface area (Å²) in [5, 5.41) is 21.0. The zero-order chi connectivity index (χ0) is 14.6. The molecule has 1 saturated carbocycles. The highest BCUT2D eigenvalue weighted by Gasteiger charge is 2.55. The van der Waals surface area contributed by atoms with E-state index in [1.807, 2.05) is 12.1 Å². The third-order valence-corrected chi connectivity index (χ3v) is 5.53. The van der Waals surface area contributed by atoms with Gasteiger partial charge in [-0.05, 0) is 30.4 Å². The molecule has 0 amide bonds. The second kappa shape index (κ2) is 4.63. The van der Waals surface area contributed by atoms with E-state index < -0.39 is 11.7 Å². The highest BCUT2D eigenvalue weighted by atomic mass is 16.5. The fourth-order valence-electron chi connectivity index (χ4n) is 4.65. The number of ketones is 1. The molecular formula is C17H21NO3. The number of rotatable bonds is 0. The van der Waals surface area contributed by atoms with E-state index in [0.717, 1.165) is 25.8 Å². The minimum atomic E-state index is -1.87. The quantitative estimate of drug-likeness (QED) is 0.708. The van der Waals surface area contributed by atoms with Crippen molar-refractivity contribution in [3.05, 3.63) is 35.4 Å². The molecule has 1 aromatic carbocycles. The summed E-state index contributed by atoms with van der Waals surface area (Å²) in [5.41, 5.74) is 2.50. The third-order valence-electron chi connectivity index (χ3n) is 5.53. The van der Waals surface area contributed by atoms with Crippen molar-refractivity contribution < 1.29 is 15.0 Å². The monoisotopic (exact) mass is 287 g/mol. The van der Waals surface area contributed by atoms with Crippen molar-refractivity contribution in [3.8, 4) is 0 Å². The lowest BCUT2D eigenvalue weighted by Crippen LogP contribution is -2.63. The molecule has 1 aliphatic carbocycles. The lowest BCUT2D eigenvalue weighted by atomic mass is 9.69. The first-order chi connectivity index (χ1) is 10.1. The molecule has 3 atom stereocenters. The van der Waals surface area contributed by atoms with Crippen LogP contribution >= 0.6 is 0 Å². The topological polar surface area (TPSA) is 60.8 Å². The van der Waals surface area contributed by atoms with E-state index in [9.17, 15) is 15.0 Å². The highest BCUT2D eigenvalue weighted by molar-refractivity contribution is 5.83. The van der Waals surface area contributed by atoms with Crippen molar-refractivity contribution in [2.75, 3.05) is 6.54 Å². The molecule has 112 valence electrons. The molecule has 4 heteroatoms. The van der Waals surface area contributed by atoms with Crippen LogP contribution in [0.5, 0.6) is 0 Å². The van der Waals surface area contributed by atoms with Gasteiger partial charge in [0.1, 0.15) is 5.78 Å². The fourth-order valence-corrected chi connectivity index (χ4v) is 4.65. The van der Waals surface area contributed by atoms with Gasteiger partial charge < -0.3 is 10.2 Å². The number of carbonyl (C=O) groups excluding carboxylic acids is 1. The third kappa shape index (κ3) is 1.97. The second-order valence-corrected chi connectivity index (χ2v) is 6.69. The van der Waals surface area contributed by atoms with Crippen molar-refractivity contribution >= 4 is 5.78 Å². The average molecular weight is 287 g/mol. The Kier molecular flexibility index (Phi) is 2.96. The number of Topliss-reactive ketones (excluding diaryl/α,β-unsaturated/α-hetero) is 1. The van der Waals surface area contributed by atoms with Gasteiger partial charge in [0, 0.05) is 31.5 Å². The Morgan fingerprint density at radius 2 is 2.00 bits per heavy atom. The molecule has 3 aliphatic rings. The van der Waals surface area contributed by atoms with Crippen molar-refractivity contribution in [1.29, 1.82) is 0 Å². The minimum Gasteiger partial charge on any atom is -0.365 e. The molecule has 2 N–H and O–H groups in total. The SMILES string of the molecule is O=C1CCCC2C1C(O)(O)CC1c3ccccc3CCN12. The maximum absolute atomic E-state index is 12.2. The van der Waals surface area contributed by atoms with E-state index in [1.54, 1.807) is 0 Å². The standard InChI is InChI=1S/C17H21NO3/c19-15-7-3-6-13-16(15)17(20,21)10-14-12-5-2-1-4-11(12)8-9-18(13)14/h1-2,4-5,13-14,16,20-21H,3,6-10H2. The summed E-state index contributed by atoms with van der Waals surface area (Å²) < 4.78 is 0. The van der Waals surface area contributed by atoms with Gasteiger partial charge in [-0.25, -0.2) is 0 Å². The molecule has 3 unspecified atom stereocenters. The molecule has 2 heterocycles. The minimum absolute atomic E-state index is 0.0200. The van der Waals surface area contributed by atoms with Crippen LogP contribution in [0.3, 0.4) is 0 Å². The van der Waals surface area contributed by atoms with E-state index in [0.29, 0.717) is 6.42 Å². The largest absolute Gasteiger partial charge is 0.365 e. The molecule has 1 saturated heterocycles. The van der Waals surface area contributed by atoms with Crippen molar-refractivity contribution in [2.45, 2.75) is 50.0 Å². The number of hydrogen-bond acceptors (Lipinski definition) is 4. The Morgan fingerprint density at radius 3 is 2.86 bits per heavy atom. The maximum Gasteiger partial charge on any atom is 0.175 e. The van der Waals surface area contributed by atoms with Crippen LogP contribution in [0.15, 0.2) is 24.3 Å². The van der Waals surface area contributed by atoms with Crippen molar-refractivity contribution in [1.82, 2.24) is 4.90 Å². The average Bonchev–Trinajstić information content (AvgIpc) is 2.46. The summed E-state index contributed by atoms with van der Waals surface area (Å²) in [6.45, 7) is 0.909. The van der Waals surface area contributed by atoms with E-state index in [1.165, 1.54) is 11.1 Å². The van der Waals surface area contributed by atoms with Crippen LogP contribution in [0.1, 0.15) is 42.9 Å². The number of hydrogen-bond donors (Lipinski definition) is 2. The van der Waals surface area contributed by atoms with Crippen molar-refractivity contribution in [3.63, 3.8) is 0 Å². The molecule has 1 aromatic rings. The Hall–Kier alpha value is -1.23. The van der Waals surface area contributed by atoms with Gasteiger partial charge >= 0.3 is 0 Å². The number of piperidine rings is 1. The van der Waals surface area contributed by atoms with Crippen LogP contribution in [0.25, 0.3) is 0 Å². The molecule has 0 aromatic heterocycles. The first kappa shape index (κ1) is 13.4. The zero-order valence-corrected chi connectivity index (χ0v) is 12.0. The lowest BCUT2D eigenvalue weighted by molar-refractivity contribution is -0.251. The molecule has 4 nitrogen and oxygen atoms in total. The van der Waals surface area contributed by atoms with Gasteiger partial charge in [0.15, 0.2) is 5.79 Å². The van der Waals surface area contributed by atoms with E-state index in [2.05, 4.69) is 17.0 Å².